The lowest BCUT2D eigenvalue weighted by atomic mass is 9.93. The molecule has 1 N–H and O–H groups in total. The molecule has 0 saturated carbocycles. The van der Waals surface area contributed by atoms with Crippen LogP contribution in [-0.4, -0.2) is 48.9 Å². The fraction of sp³-hybridized carbons (Fsp3) is 0.350. The summed E-state index contributed by atoms with van der Waals surface area (Å²) in [6.07, 6.45) is 4.50. The van der Waals surface area contributed by atoms with Crippen LogP contribution in [-0.2, 0) is 10.0 Å². The first-order valence-corrected chi connectivity index (χ1v) is 10.6. The molecule has 2 unspecified atom stereocenters. The van der Waals surface area contributed by atoms with Gasteiger partial charge in [0.1, 0.15) is 5.65 Å². The number of likely N-dealkylation sites (N-methyl/N-ethyl adjacent to an activating group) is 1. The maximum absolute atomic E-state index is 13.1. The van der Waals surface area contributed by atoms with Crippen molar-refractivity contribution in [2.45, 2.75) is 24.3 Å². The van der Waals surface area contributed by atoms with Gasteiger partial charge >= 0.3 is 0 Å². The molecule has 142 valence electrons. The van der Waals surface area contributed by atoms with E-state index >= 15 is 0 Å². The SMILES string of the molecule is CC1CCN(S(=O)(=O)c2ccccc2)CC1N(C)c1ccnc2[nH]ccc12. The fourth-order valence-electron chi connectivity index (χ4n) is 3.92. The van der Waals surface area contributed by atoms with E-state index in [2.05, 4.69) is 21.8 Å². The minimum atomic E-state index is -3.48. The molecule has 0 spiro atoms. The van der Waals surface area contributed by atoms with Gasteiger partial charge in [0.25, 0.3) is 0 Å². The van der Waals surface area contributed by atoms with E-state index in [1.807, 2.05) is 31.4 Å². The number of pyridine rings is 1. The van der Waals surface area contributed by atoms with Crippen molar-refractivity contribution in [3.05, 3.63) is 54.9 Å². The number of rotatable bonds is 4. The Hall–Kier alpha value is -2.38. The maximum atomic E-state index is 13.1. The summed E-state index contributed by atoms with van der Waals surface area (Å²) >= 11 is 0. The van der Waals surface area contributed by atoms with Crippen LogP contribution in [0.15, 0.2) is 59.8 Å². The maximum Gasteiger partial charge on any atom is 0.243 e. The van der Waals surface area contributed by atoms with Gasteiger partial charge in [0.2, 0.25) is 10.0 Å². The molecule has 0 amide bonds. The molecule has 7 heteroatoms. The van der Waals surface area contributed by atoms with E-state index in [1.165, 1.54) is 0 Å². The highest BCUT2D eigenvalue weighted by Gasteiger charge is 2.36. The van der Waals surface area contributed by atoms with E-state index in [-0.39, 0.29) is 6.04 Å². The minimum absolute atomic E-state index is 0.0951. The number of nitrogens with zero attached hydrogens (tertiary/aromatic N) is 3. The molecule has 3 heterocycles. The standard InChI is InChI=1S/C20H24N4O2S/c1-15-10-13-24(27(25,26)16-6-4-3-5-7-16)14-19(15)23(2)18-9-12-22-20-17(18)8-11-21-20/h3-9,11-12,15,19H,10,13-14H2,1-2H3,(H,21,22). The third-order valence-electron chi connectivity index (χ3n) is 5.58. The summed E-state index contributed by atoms with van der Waals surface area (Å²) in [5.74, 6) is 0.388. The molecule has 27 heavy (non-hydrogen) atoms. The molecular weight excluding hydrogens is 360 g/mol. The number of aromatic amines is 1. The van der Waals surface area contributed by atoms with Crippen LogP contribution >= 0.6 is 0 Å². The van der Waals surface area contributed by atoms with Crippen LogP contribution in [0.3, 0.4) is 0 Å². The average Bonchev–Trinajstić information content (AvgIpc) is 3.17. The fourth-order valence-corrected chi connectivity index (χ4v) is 5.41. The first-order valence-electron chi connectivity index (χ1n) is 9.18. The van der Waals surface area contributed by atoms with Crippen LogP contribution in [0.25, 0.3) is 11.0 Å². The van der Waals surface area contributed by atoms with Crippen LogP contribution in [0.1, 0.15) is 13.3 Å². The van der Waals surface area contributed by atoms with Crippen LogP contribution in [0.4, 0.5) is 5.69 Å². The molecule has 0 radical (unpaired) electrons. The zero-order valence-electron chi connectivity index (χ0n) is 15.5. The van der Waals surface area contributed by atoms with Gasteiger partial charge in [-0.15, -0.1) is 0 Å². The molecule has 0 bridgehead atoms. The van der Waals surface area contributed by atoms with Crippen LogP contribution in [0.5, 0.6) is 0 Å². The number of benzene rings is 1. The Morgan fingerprint density at radius 3 is 2.74 bits per heavy atom. The number of piperidine rings is 1. The average molecular weight is 385 g/mol. The van der Waals surface area contributed by atoms with E-state index < -0.39 is 10.0 Å². The summed E-state index contributed by atoms with van der Waals surface area (Å²) in [6, 6.07) is 12.8. The molecule has 0 aliphatic carbocycles. The Balaban J connectivity index is 1.64. The molecule has 3 aromatic rings. The third kappa shape index (κ3) is 3.21. The highest BCUT2D eigenvalue weighted by atomic mass is 32.2. The number of aromatic nitrogens is 2. The Morgan fingerprint density at radius 2 is 1.96 bits per heavy atom. The number of sulfonamides is 1. The molecule has 4 rings (SSSR count). The van der Waals surface area contributed by atoms with E-state index in [1.54, 1.807) is 34.8 Å². The van der Waals surface area contributed by atoms with Gasteiger partial charge in [-0.1, -0.05) is 25.1 Å². The van der Waals surface area contributed by atoms with Crippen molar-refractivity contribution in [3.63, 3.8) is 0 Å². The van der Waals surface area contributed by atoms with Gasteiger partial charge in [0, 0.05) is 49.6 Å². The van der Waals surface area contributed by atoms with E-state index in [9.17, 15) is 8.42 Å². The zero-order chi connectivity index (χ0) is 19.0. The lowest BCUT2D eigenvalue weighted by Crippen LogP contribution is -2.52. The molecule has 1 saturated heterocycles. The van der Waals surface area contributed by atoms with Crippen molar-refractivity contribution in [3.8, 4) is 0 Å². The van der Waals surface area contributed by atoms with Gasteiger partial charge in [-0.25, -0.2) is 13.4 Å². The highest BCUT2D eigenvalue weighted by Crippen LogP contribution is 2.31. The molecule has 1 aliphatic rings. The summed E-state index contributed by atoms with van der Waals surface area (Å²) in [5, 5.41) is 1.05. The molecule has 1 fully saturated rings. The van der Waals surface area contributed by atoms with Gasteiger partial charge in [-0.05, 0) is 36.6 Å². The molecule has 1 aliphatic heterocycles. The Morgan fingerprint density at radius 1 is 1.19 bits per heavy atom. The van der Waals surface area contributed by atoms with Crippen molar-refractivity contribution in [2.24, 2.45) is 5.92 Å². The highest BCUT2D eigenvalue weighted by molar-refractivity contribution is 7.89. The van der Waals surface area contributed by atoms with Crippen molar-refractivity contribution < 1.29 is 8.42 Å². The molecule has 2 aromatic heterocycles. The second-order valence-electron chi connectivity index (χ2n) is 7.19. The minimum Gasteiger partial charge on any atom is -0.369 e. The van der Waals surface area contributed by atoms with Crippen LogP contribution < -0.4 is 4.90 Å². The number of hydrogen-bond donors (Lipinski definition) is 1. The quantitative estimate of drug-likeness (QED) is 0.750. The van der Waals surface area contributed by atoms with Gasteiger partial charge in [0.05, 0.1) is 4.90 Å². The lowest BCUT2D eigenvalue weighted by molar-refractivity contribution is 0.248. The van der Waals surface area contributed by atoms with Gasteiger partial charge < -0.3 is 9.88 Å². The number of fused-ring (bicyclic) bond motifs is 1. The lowest BCUT2D eigenvalue weighted by Gasteiger charge is -2.42. The van der Waals surface area contributed by atoms with E-state index in [0.717, 1.165) is 23.1 Å². The molecule has 2 atom stereocenters. The molecule has 1 aromatic carbocycles. The van der Waals surface area contributed by atoms with Gasteiger partial charge in [0.15, 0.2) is 0 Å². The Bertz CT molecular complexity index is 1030. The van der Waals surface area contributed by atoms with Crippen molar-refractivity contribution in [1.29, 1.82) is 0 Å². The normalized spacial score (nSPS) is 21.4. The van der Waals surface area contributed by atoms with Crippen LogP contribution in [0.2, 0.25) is 0 Å². The van der Waals surface area contributed by atoms with E-state index in [4.69, 9.17) is 0 Å². The monoisotopic (exact) mass is 384 g/mol. The summed E-state index contributed by atoms with van der Waals surface area (Å²) in [5.41, 5.74) is 1.91. The molecule has 6 nitrogen and oxygen atoms in total. The van der Waals surface area contributed by atoms with Crippen LogP contribution in [0, 0.1) is 5.92 Å². The van der Waals surface area contributed by atoms with Gasteiger partial charge in [-0.2, -0.15) is 4.31 Å². The van der Waals surface area contributed by atoms with E-state index in [0.29, 0.717) is 23.9 Å². The summed E-state index contributed by atoms with van der Waals surface area (Å²) < 4.78 is 27.7. The predicted molar refractivity (Wildman–Crippen MR) is 107 cm³/mol. The number of nitrogens with one attached hydrogen (secondary N) is 1. The smallest absolute Gasteiger partial charge is 0.243 e. The Kier molecular flexibility index (Phi) is 4.65. The summed E-state index contributed by atoms with van der Waals surface area (Å²) in [4.78, 5) is 10.1. The van der Waals surface area contributed by atoms with Gasteiger partial charge in [-0.3, -0.25) is 0 Å². The number of anilines is 1. The number of hydrogen-bond acceptors (Lipinski definition) is 4. The Labute approximate surface area is 159 Å². The second kappa shape index (κ2) is 6.98. The van der Waals surface area contributed by atoms with Crippen molar-refractivity contribution in [1.82, 2.24) is 14.3 Å². The first kappa shape index (κ1) is 18.0. The zero-order valence-corrected chi connectivity index (χ0v) is 16.4. The third-order valence-corrected chi connectivity index (χ3v) is 7.46. The first-order chi connectivity index (χ1) is 13.0. The number of H-pyrrole nitrogens is 1. The topological polar surface area (TPSA) is 69.3 Å². The predicted octanol–water partition coefficient (Wildman–Crippen LogP) is 3.10. The van der Waals surface area contributed by atoms with Crippen molar-refractivity contribution in [2.75, 3.05) is 25.0 Å². The second-order valence-corrected chi connectivity index (χ2v) is 9.13. The molecular formula is C20H24N4O2S. The summed E-state index contributed by atoms with van der Waals surface area (Å²) in [7, 11) is -1.43. The van der Waals surface area contributed by atoms with Crippen molar-refractivity contribution >= 4 is 26.7 Å². The summed E-state index contributed by atoms with van der Waals surface area (Å²) in [6.45, 7) is 3.23. The largest absolute Gasteiger partial charge is 0.369 e.